The maximum Gasteiger partial charge on any atom is 0.146 e. The molecule has 0 saturated heterocycles. The van der Waals surface area contributed by atoms with Crippen LogP contribution in [0.1, 0.15) is 5.76 Å². The average molecular weight is 210 g/mol. The zero-order valence-electron chi connectivity index (χ0n) is 7.31. The van der Waals surface area contributed by atoms with E-state index in [1.54, 1.807) is 24.6 Å². The lowest BCUT2D eigenvalue weighted by molar-refractivity contribution is 0.270. The molecule has 0 bridgehead atoms. The third kappa shape index (κ3) is 2.26. The number of furan rings is 1. The molecule has 4 heteroatoms. The lowest BCUT2D eigenvalue weighted by Gasteiger charge is -2.03. The van der Waals surface area contributed by atoms with Gasteiger partial charge in [-0.1, -0.05) is 11.6 Å². The molecule has 0 N–H and O–H groups in total. The monoisotopic (exact) mass is 209 g/mol. The van der Waals surface area contributed by atoms with E-state index < -0.39 is 0 Å². The number of nitrogens with zero attached hydrogens (tertiary/aromatic N) is 1. The second-order valence-electron chi connectivity index (χ2n) is 2.68. The second kappa shape index (κ2) is 4.15. The van der Waals surface area contributed by atoms with Crippen LogP contribution < -0.4 is 4.74 Å². The molecule has 2 heterocycles. The Morgan fingerprint density at radius 3 is 3.07 bits per heavy atom. The fraction of sp³-hybridized carbons (Fsp3) is 0.100. The number of ether oxygens (including phenoxy) is 1. The molecule has 0 amide bonds. The minimum atomic E-state index is 0.396. The van der Waals surface area contributed by atoms with Crippen LogP contribution in [0.5, 0.6) is 5.75 Å². The van der Waals surface area contributed by atoms with Gasteiger partial charge < -0.3 is 9.15 Å². The van der Waals surface area contributed by atoms with E-state index in [0.717, 1.165) is 5.76 Å². The molecule has 72 valence electrons. The van der Waals surface area contributed by atoms with Gasteiger partial charge in [-0.05, 0) is 18.2 Å². The molecule has 0 aliphatic heterocycles. The molecular weight excluding hydrogens is 202 g/mol. The van der Waals surface area contributed by atoms with E-state index in [1.165, 1.54) is 0 Å². The highest BCUT2D eigenvalue weighted by molar-refractivity contribution is 6.29. The first-order valence-electron chi connectivity index (χ1n) is 4.11. The maximum atomic E-state index is 5.69. The Morgan fingerprint density at radius 2 is 2.36 bits per heavy atom. The van der Waals surface area contributed by atoms with Gasteiger partial charge in [-0.25, -0.2) is 4.98 Å². The summed E-state index contributed by atoms with van der Waals surface area (Å²) in [5.74, 6) is 1.46. The highest BCUT2D eigenvalue weighted by atomic mass is 35.5. The van der Waals surface area contributed by atoms with Gasteiger partial charge in [0, 0.05) is 12.3 Å². The fourth-order valence-corrected chi connectivity index (χ4v) is 1.19. The largest absolute Gasteiger partial charge is 0.485 e. The topological polar surface area (TPSA) is 35.3 Å². The van der Waals surface area contributed by atoms with Gasteiger partial charge in [-0.2, -0.15) is 0 Å². The van der Waals surface area contributed by atoms with Crippen molar-refractivity contribution >= 4 is 11.6 Å². The smallest absolute Gasteiger partial charge is 0.146 e. The van der Waals surface area contributed by atoms with E-state index in [2.05, 4.69) is 4.98 Å². The molecule has 0 aliphatic carbocycles. The summed E-state index contributed by atoms with van der Waals surface area (Å²) in [4.78, 5) is 3.85. The van der Waals surface area contributed by atoms with E-state index in [4.69, 9.17) is 20.8 Å². The minimum Gasteiger partial charge on any atom is -0.485 e. The van der Waals surface area contributed by atoms with E-state index >= 15 is 0 Å². The van der Waals surface area contributed by atoms with Crippen molar-refractivity contribution in [2.24, 2.45) is 0 Å². The van der Waals surface area contributed by atoms with Crippen LogP contribution in [-0.2, 0) is 6.61 Å². The molecule has 0 atom stereocenters. The Labute approximate surface area is 86.3 Å². The number of pyridine rings is 1. The number of hydrogen-bond acceptors (Lipinski definition) is 3. The van der Waals surface area contributed by atoms with Crippen molar-refractivity contribution in [3.05, 3.63) is 47.6 Å². The van der Waals surface area contributed by atoms with Gasteiger partial charge in [0.25, 0.3) is 0 Å². The molecule has 0 aliphatic rings. The van der Waals surface area contributed by atoms with Crippen molar-refractivity contribution in [2.45, 2.75) is 6.61 Å². The molecule has 0 spiro atoms. The van der Waals surface area contributed by atoms with Crippen LogP contribution in [0.25, 0.3) is 0 Å². The van der Waals surface area contributed by atoms with Gasteiger partial charge in [0.2, 0.25) is 0 Å². The van der Waals surface area contributed by atoms with E-state index in [-0.39, 0.29) is 0 Å². The second-order valence-corrected chi connectivity index (χ2v) is 3.07. The lowest BCUT2D eigenvalue weighted by atomic mass is 10.4. The molecule has 0 aromatic carbocycles. The summed E-state index contributed by atoms with van der Waals surface area (Å²) in [6.07, 6.45) is 3.21. The van der Waals surface area contributed by atoms with Gasteiger partial charge in [-0.15, -0.1) is 0 Å². The number of halogens is 1. The van der Waals surface area contributed by atoms with Crippen LogP contribution >= 0.6 is 11.6 Å². The molecule has 0 radical (unpaired) electrons. The SMILES string of the molecule is Clc1cc(OCc2ccco2)ccn1. The fourth-order valence-electron chi connectivity index (χ4n) is 1.02. The first kappa shape index (κ1) is 9.09. The van der Waals surface area contributed by atoms with Crippen LogP contribution in [0.2, 0.25) is 5.15 Å². The summed E-state index contributed by atoms with van der Waals surface area (Å²) in [6.45, 7) is 0.396. The van der Waals surface area contributed by atoms with Crippen LogP contribution in [0.15, 0.2) is 41.1 Å². The predicted octanol–water partition coefficient (Wildman–Crippen LogP) is 2.91. The molecule has 2 aromatic heterocycles. The first-order valence-corrected chi connectivity index (χ1v) is 4.49. The van der Waals surface area contributed by atoms with Crippen molar-refractivity contribution in [1.82, 2.24) is 4.98 Å². The lowest BCUT2D eigenvalue weighted by Crippen LogP contribution is -1.93. The van der Waals surface area contributed by atoms with Crippen molar-refractivity contribution in [2.75, 3.05) is 0 Å². The van der Waals surface area contributed by atoms with Gasteiger partial charge in [0.05, 0.1) is 6.26 Å². The normalized spacial score (nSPS) is 10.1. The molecule has 0 saturated carbocycles. The Hall–Kier alpha value is -1.48. The molecule has 2 aromatic rings. The summed E-state index contributed by atoms with van der Waals surface area (Å²) in [5.41, 5.74) is 0. The van der Waals surface area contributed by atoms with Crippen LogP contribution in [0.3, 0.4) is 0 Å². The van der Waals surface area contributed by atoms with Crippen molar-refractivity contribution in [1.29, 1.82) is 0 Å². The number of rotatable bonds is 3. The van der Waals surface area contributed by atoms with E-state index in [9.17, 15) is 0 Å². The highest BCUT2D eigenvalue weighted by Gasteiger charge is 1.98. The van der Waals surface area contributed by atoms with Crippen molar-refractivity contribution < 1.29 is 9.15 Å². The van der Waals surface area contributed by atoms with Crippen molar-refractivity contribution in [3.63, 3.8) is 0 Å². The van der Waals surface area contributed by atoms with Gasteiger partial charge in [0.15, 0.2) is 0 Å². The summed E-state index contributed by atoms with van der Waals surface area (Å²) < 4.78 is 10.5. The minimum absolute atomic E-state index is 0.396. The molecule has 0 unspecified atom stereocenters. The summed E-state index contributed by atoms with van der Waals surface area (Å²) in [5, 5.41) is 0.418. The summed E-state index contributed by atoms with van der Waals surface area (Å²) >= 11 is 5.69. The zero-order chi connectivity index (χ0) is 9.80. The Morgan fingerprint density at radius 1 is 1.43 bits per heavy atom. The number of hydrogen-bond donors (Lipinski definition) is 0. The van der Waals surface area contributed by atoms with Crippen LogP contribution in [0, 0.1) is 0 Å². The van der Waals surface area contributed by atoms with Gasteiger partial charge in [-0.3, -0.25) is 0 Å². The molecule has 2 rings (SSSR count). The number of aromatic nitrogens is 1. The third-order valence-corrected chi connectivity index (χ3v) is 1.87. The molecular formula is C10H8ClNO2. The molecule has 14 heavy (non-hydrogen) atoms. The zero-order valence-corrected chi connectivity index (χ0v) is 8.07. The predicted molar refractivity (Wildman–Crippen MR) is 52.3 cm³/mol. The first-order chi connectivity index (χ1) is 6.84. The average Bonchev–Trinajstić information content (AvgIpc) is 2.67. The highest BCUT2D eigenvalue weighted by Crippen LogP contribution is 2.15. The standard InChI is InChI=1S/C10H8ClNO2/c11-10-6-8(3-4-12-10)14-7-9-2-1-5-13-9/h1-6H,7H2. The maximum absolute atomic E-state index is 5.69. The van der Waals surface area contributed by atoms with E-state index in [1.807, 2.05) is 12.1 Å². The van der Waals surface area contributed by atoms with Crippen LogP contribution in [0.4, 0.5) is 0 Å². The van der Waals surface area contributed by atoms with Crippen molar-refractivity contribution in [3.8, 4) is 5.75 Å². The van der Waals surface area contributed by atoms with Gasteiger partial charge in [0.1, 0.15) is 23.3 Å². The summed E-state index contributed by atoms with van der Waals surface area (Å²) in [6, 6.07) is 7.07. The van der Waals surface area contributed by atoms with Crippen LogP contribution in [-0.4, -0.2) is 4.98 Å². The Balaban J connectivity index is 1.98. The quantitative estimate of drug-likeness (QED) is 0.730. The molecule has 0 fully saturated rings. The van der Waals surface area contributed by atoms with Gasteiger partial charge >= 0.3 is 0 Å². The third-order valence-electron chi connectivity index (χ3n) is 1.66. The Kier molecular flexibility index (Phi) is 2.70. The Bertz CT molecular complexity index is 400. The van der Waals surface area contributed by atoms with E-state index in [0.29, 0.717) is 17.5 Å². The summed E-state index contributed by atoms with van der Waals surface area (Å²) in [7, 11) is 0. The molecule has 3 nitrogen and oxygen atoms in total.